The molecule has 0 aliphatic carbocycles. The minimum Gasteiger partial charge on any atom is -0.295 e. The highest BCUT2D eigenvalue weighted by atomic mass is 16.1. The maximum absolute atomic E-state index is 10.6. The molecule has 0 radical (unpaired) electrons. The summed E-state index contributed by atoms with van der Waals surface area (Å²) in [7, 11) is 0. The lowest BCUT2D eigenvalue weighted by Gasteiger charge is -1.98. The Morgan fingerprint density at radius 3 is 2.19 bits per heavy atom. The van der Waals surface area contributed by atoms with Crippen LogP contribution < -0.4 is 0 Å². The number of rotatable bonds is 7. The molecule has 0 saturated carbocycles. The van der Waals surface area contributed by atoms with E-state index in [1.807, 2.05) is 6.08 Å². The van der Waals surface area contributed by atoms with Crippen LogP contribution in [0.1, 0.15) is 53.4 Å². The molecule has 0 aliphatic heterocycles. The number of carbonyl (C=O) groups excluding carboxylic acids is 1. The number of allylic oxidation sites excluding steroid dienone is 6. The van der Waals surface area contributed by atoms with Crippen LogP contribution in [0, 0.1) is 0 Å². The Morgan fingerprint density at radius 2 is 1.62 bits per heavy atom. The molecule has 0 fully saturated rings. The molecule has 0 atom stereocenters. The average molecular weight is 220 g/mol. The normalized spacial score (nSPS) is 11.9. The highest BCUT2D eigenvalue weighted by Gasteiger charge is 1.88. The molecule has 0 unspecified atom stereocenters. The van der Waals surface area contributed by atoms with Crippen molar-refractivity contribution in [2.75, 3.05) is 0 Å². The number of carbonyl (C=O) groups is 1. The van der Waals surface area contributed by atoms with Gasteiger partial charge in [0, 0.05) is 0 Å². The molecular weight excluding hydrogens is 196 g/mol. The fourth-order valence-electron chi connectivity index (χ4n) is 1.37. The first kappa shape index (κ1) is 14.9. The summed E-state index contributed by atoms with van der Waals surface area (Å²) in [5.41, 5.74) is 2.82. The minimum atomic E-state index is 0.129. The van der Waals surface area contributed by atoms with Crippen LogP contribution in [-0.2, 0) is 4.79 Å². The second-order valence-electron chi connectivity index (χ2n) is 4.46. The fourth-order valence-corrected chi connectivity index (χ4v) is 1.37. The molecule has 0 aromatic carbocycles. The van der Waals surface area contributed by atoms with E-state index in [2.05, 4.69) is 32.9 Å². The van der Waals surface area contributed by atoms with Crippen LogP contribution in [0.5, 0.6) is 0 Å². The molecule has 0 amide bonds. The Morgan fingerprint density at radius 1 is 0.938 bits per heavy atom. The molecule has 0 aliphatic rings. The van der Waals surface area contributed by atoms with E-state index in [0.29, 0.717) is 0 Å². The third kappa shape index (κ3) is 11.0. The molecular formula is C15H24O. The summed E-state index contributed by atoms with van der Waals surface area (Å²) in [5, 5.41) is 0. The Hall–Kier alpha value is -1.11. The topological polar surface area (TPSA) is 17.1 Å². The highest BCUT2D eigenvalue weighted by molar-refractivity contribution is 5.87. The van der Waals surface area contributed by atoms with Gasteiger partial charge in [-0.15, -0.1) is 0 Å². The van der Waals surface area contributed by atoms with Gasteiger partial charge in [0.15, 0.2) is 5.78 Å². The summed E-state index contributed by atoms with van der Waals surface area (Å²) in [4.78, 5) is 10.6. The lowest BCUT2D eigenvalue weighted by molar-refractivity contribution is -0.112. The van der Waals surface area contributed by atoms with Crippen LogP contribution >= 0.6 is 0 Å². The van der Waals surface area contributed by atoms with E-state index < -0.39 is 0 Å². The number of hydrogen-bond acceptors (Lipinski definition) is 1. The molecule has 0 spiro atoms. The Labute approximate surface area is 99.9 Å². The summed E-state index contributed by atoms with van der Waals surface area (Å²) < 4.78 is 0. The van der Waals surface area contributed by atoms with E-state index in [9.17, 15) is 4.79 Å². The van der Waals surface area contributed by atoms with Crippen molar-refractivity contribution in [1.82, 2.24) is 0 Å². The third-order valence-corrected chi connectivity index (χ3v) is 2.27. The first-order valence-electron chi connectivity index (χ1n) is 5.98. The van der Waals surface area contributed by atoms with E-state index in [4.69, 9.17) is 0 Å². The SMILES string of the molecule is CC(=O)C=CCCC=C(C)CCC=C(C)C. The largest absolute Gasteiger partial charge is 0.295 e. The lowest BCUT2D eigenvalue weighted by atomic mass is 10.1. The first-order chi connectivity index (χ1) is 7.52. The Balaban J connectivity index is 3.71. The zero-order valence-electron chi connectivity index (χ0n) is 11.0. The highest BCUT2D eigenvalue weighted by Crippen LogP contribution is 2.08. The number of unbranched alkanes of at least 4 members (excludes halogenated alkanes) is 1. The van der Waals surface area contributed by atoms with Crippen LogP contribution in [0.3, 0.4) is 0 Å². The first-order valence-corrected chi connectivity index (χ1v) is 5.98. The third-order valence-electron chi connectivity index (χ3n) is 2.27. The fraction of sp³-hybridized carbons (Fsp3) is 0.533. The van der Waals surface area contributed by atoms with Gasteiger partial charge < -0.3 is 0 Å². The molecule has 1 nitrogen and oxygen atoms in total. The predicted molar refractivity (Wildman–Crippen MR) is 71.5 cm³/mol. The van der Waals surface area contributed by atoms with Gasteiger partial charge in [-0.1, -0.05) is 29.4 Å². The van der Waals surface area contributed by atoms with Crippen molar-refractivity contribution in [1.29, 1.82) is 0 Å². The summed E-state index contributed by atoms with van der Waals surface area (Å²) >= 11 is 0. The maximum atomic E-state index is 10.6. The van der Waals surface area contributed by atoms with Gasteiger partial charge in [-0.3, -0.25) is 4.79 Å². The second kappa shape index (κ2) is 9.14. The van der Waals surface area contributed by atoms with Crippen molar-refractivity contribution < 1.29 is 4.79 Å². The van der Waals surface area contributed by atoms with Gasteiger partial charge in [0.1, 0.15) is 0 Å². The standard InChI is InChI=1S/C15H24O/c1-13(2)9-8-11-14(3)10-6-5-7-12-15(4)16/h7,9-10,12H,5-6,8,11H2,1-4H3. The predicted octanol–water partition coefficient (Wildman–Crippen LogP) is 4.60. The van der Waals surface area contributed by atoms with Gasteiger partial charge in [-0.05, 0) is 59.5 Å². The lowest BCUT2D eigenvalue weighted by Crippen LogP contribution is -1.80. The van der Waals surface area contributed by atoms with Crippen molar-refractivity contribution >= 4 is 5.78 Å². The number of hydrogen-bond donors (Lipinski definition) is 0. The van der Waals surface area contributed by atoms with Crippen molar-refractivity contribution in [3.05, 3.63) is 35.5 Å². The molecule has 0 N–H and O–H groups in total. The second-order valence-corrected chi connectivity index (χ2v) is 4.46. The van der Waals surface area contributed by atoms with E-state index in [-0.39, 0.29) is 5.78 Å². The van der Waals surface area contributed by atoms with Gasteiger partial charge in [0.2, 0.25) is 0 Å². The zero-order valence-corrected chi connectivity index (χ0v) is 11.0. The van der Waals surface area contributed by atoms with Crippen LogP contribution in [0.2, 0.25) is 0 Å². The van der Waals surface area contributed by atoms with E-state index in [0.717, 1.165) is 25.7 Å². The van der Waals surface area contributed by atoms with E-state index in [1.165, 1.54) is 11.1 Å². The Kier molecular flexibility index (Phi) is 8.51. The van der Waals surface area contributed by atoms with E-state index >= 15 is 0 Å². The van der Waals surface area contributed by atoms with Crippen molar-refractivity contribution in [3.63, 3.8) is 0 Å². The molecule has 16 heavy (non-hydrogen) atoms. The molecule has 0 bridgehead atoms. The molecule has 0 saturated heterocycles. The molecule has 0 rings (SSSR count). The summed E-state index contributed by atoms with van der Waals surface area (Å²) in [6.45, 7) is 8.02. The monoisotopic (exact) mass is 220 g/mol. The van der Waals surface area contributed by atoms with Gasteiger partial charge in [0.25, 0.3) is 0 Å². The van der Waals surface area contributed by atoms with Crippen LogP contribution in [0.25, 0.3) is 0 Å². The van der Waals surface area contributed by atoms with Gasteiger partial charge in [0.05, 0.1) is 0 Å². The summed E-state index contributed by atoms with van der Waals surface area (Å²) in [6.07, 6.45) is 12.4. The molecule has 0 aromatic heterocycles. The van der Waals surface area contributed by atoms with Crippen LogP contribution in [0.4, 0.5) is 0 Å². The molecule has 0 heterocycles. The number of ketones is 1. The van der Waals surface area contributed by atoms with Gasteiger partial charge >= 0.3 is 0 Å². The van der Waals surface area contributed by atoms with Crippen LogP contribution in [-0.4, -0.2) is 5.78 Å². The van der Waals surface area contributed by atoms with Crippen LogP contribution in [0.15, 0.2) is 35.5 Å². The summed E-state index contributed by atoms with van der Waals surface area (Å²) in [5.74, 6) is 0.129. The zero-order chi connectivity index (χ0) is 12.4. The van der Waals surface area contributed by atoms with Gasteiger partial charge in [-0.2, -0.15) is 0 Å². The smallest absolute Gasteiger partial charge is 0.152 e. The molecule has 0 aromatic rings. The Bertz CT molecular complexity index is 289. The molecule has 90 valence electrons. The van der Waals surface area contributed by atoms with Crippen molar-refractivity contribution in [2.24, 2.45) is 0 Å². The average Bonchev–Trinajstić information content (AvgIpc) is 2.16. The maximum Gasteiger partial charge on any atom is 0.152 e. The molecule has 1 heteroatoms. The van der Waals surface area contributed by atoms with Crippen molar-refractivity contribution in [2.45, 2.75) is 53.4 Å². The minimum absolute atomic E-state index is 0.129. The van der Waals surface area contributed by atoms with Crippen molar-refractivity contribution in [3.8, 4) is 0 Å². The van der Waals surface area contributed by atoms with Gasteiger partial charge in [-0.25, -0.2) is 0 Å². The summed E-state index contributed by atoms with van der Waals surface area (Å²) in [6, 6.07) is 0. The quantitative estimate of drug-likeness (QED) is 0.348. The van der Waals surface area contributed by atoms with E-state index in [1.54, 1.807) is 13.0 Å².